The lowest BCUT2D eigenvalue weighted by molar-refractivity contribution is 0.0949. The molecule has 90 valence electrons. The summed E-state index contributed by atoms with van der Waals surface area (Å²) in [4.78, 5) is 11.7. The molecule has 0 radical (unpaired) electrons. The third kappa shape index (κ3) is 3.16. The molecule has 1 unspecified atom stereocenters. The van der Waals surface area contributed by atoms with Crippen LogP contribution in [-0.2, 0) is 0 Å². The second-order valence-electron chi connectivity index (χ2n) is 3.70. The van der Waals surface area contributed by atoms with Crippen molar-refractivity contribution >= 4 is 23.4 Å². The van der Waals surface area contributed by atoms with Gasteiger partial charge in [0, 0.05) is 11.8 Å². The Morgan fingerprint density at radius 1 is 1.69 bits per heavy atom. The van der Waals surface area contributed by atoms with Gasteiger partial charge in [0.05, 0.1) is 11.4 Å². The van der Waals surface area contributed by atoms with Gasteiger partial charge in [0.1, 0.15) is 0 Å². The fourth-order valence-electron chi connectivity index (χ4n) is 1.20. The minimum atomic E-state index is -0.213. The van der Waals surface area contributed by atoms with Crippen LogP contribution < -0.4 is 11.1 Å². The van der Waals surface area contributed by atoms with Crippen LogP contribution in [0.1, 0.15) is 29.5 Å². The van der Waals surface area contributed by atoms with Crippen molar-refractivity contribution in [2.24, 2.45) is 0 Å². The Morgan fingerprint density at radius 3 is 2.88 bits per heavy atom. The van der Waals surface area contributed by atoms with Crippen molar-refractivity contribution in [2.45, 2.75) is 25.5 Å². The van der Waals surface area contributed by atoms with Crippen molar-refractivity contribution in [3.8, 4) is 0 Å². The predicted molar refractivity (Wildman–Crippen MR) is 67.7 cm³/mol. The van der Waals surface area contributed by atoms with Gasteiger partial charge in [-0.05, 0) is 19.6 Å². The zero-order valence-corrected chi connectivity index (χ0v) is 10.6. The molecule has 0 aliphatic carbocycles. The lowest BCUT2D eigenvalue weighted by Gasteiger charge is -2.08. The van der Waals surface area contributed by atoms with E-state index in [1.165, 1.54) is 0 Å². The number of nitrogens with one attached hydrogen (secondary N) is 2. The summed E-state index contributed by atoms with van der Waals surface area (Å²) in [6.45, 7) is 4.56. The van der Waals surface area contributed by atoms with E-state index in [0.717, 1.165) is 12.1 Å². The van der Waals surface area contributed by atoms with Gasteiger partial charge in [0.25, 0.3) is 5.91 Å². The monoisotopic (exact) mass is 242 g/mol. The number of nitrogen functional groups attached to an aromatic ring is 1. The number of hydrogen-bond acceptors (Lipinski definition) is 4. The van der Waals surface area contributed by atoms with E-state index < -0.39 is 0 Å². The minimum absolute atomic E-state index is 0.213. The van der Waals surface area contributed by atoms with Crippen molar-refractivity contribution in [1.29, 1.82) is 0 Å². The van der Waals surface area contributed by atoms with Gasteiger partial charge in [-0.3, -0.25) is 9.89 Å². The zero-order valence-electron chi connectivity index (χ0n) is 9.83. The molecule has 1 aromatic heterocycles. The molecule has 0 spiro atoms. The van der Waals surface area contributed by atoms with Gasteiger partial charge in [-0.1, -0.05) is 6.92 Å². The molecule has 1 amide bonds. The Hall–Kier alpha value is -1.17. The molecule has 1 aromatic rings. The summed E-state index contributed by atoms with van der Waals surface area (Å²) in [5, 5.41) is 9.90. The van der Waals surface area contributed by atoms with Crippen molar-refractivity contribution in [3.63, 3.8) is 0 Å². The van der Waals surface area contributed by atoms with Crippen molar-refractivity contribution in [2.75, 3.05) is 18.5 Å². The van der Waals surface area contributed by atoms with Gasteiger partial charge in [0.2, 0.25) is 0 Å². The Labute approximate surface area is 99.6 Å². The number of aromatic nitrogens is 2. The standard InChI is InChI=1S/C10H18N4OS/c1-6(16-3)4-5-12-10(15)9-8(11)7(2)13-14-9/h6H,4-5,11H2,1-3H3,(H,12,15)(H,13,14). The largest absolute Gasteiger partial charge is 0.395 e. The maximum atomic E-state index is 11.7. The smallest absolute Gasteiger partial charge is 0.273 e. The number of carbonyl (C=O) groups excluding carboxylic acids is 1. The first-order valence-corrected chi connectivity index (χ1v) is 6.46. The number of nitrogens with zero attached hydrogens (tertiary/aromatic N) is 1. The molecule has 1 heterocycles. The summed E-state index contributed by atoms with van der Waals surface area (Å²) < 4.78 is 0. The summed E-state index contributed by atoms with van der Waals surface area (Å²) in [7, 11) is 0. The van der Waals surface area contributed by atoms with Crippen molar-refractivity contribution in [3.05, 3.63) is 11.4 Å². The fraction of sp³-hybridized carbons (Fsp3) is 0.600. The van der Waals surface area contributed by atoms with E-state index in [2.05, 4.69) is 28.7 Å². The molecule has 1 atom stereocenters. The second-order valence-corrected chi connectivity index (χ2v) is 4.98. The maximum absolute atomic E-state index is 11.7. The molecule has 0 saturated heterocycles. The van der Waals surface area contributed by atoms with Crippen LogP contribution in [0.3, 0.4) is 0 Å². The fourth-order valence-corrected chi connectivity index (χ4v) is 1.55. The maximum Gasteiger partial charge on any atom is 0.273 e. The molecular formula is C10H18N4OS. The van der Waals surface area contributed by atoms with E-state index in [0.29, 0.717) is 17.5 Å². The highest BCUT2D eigenvalue weighted by Gasteiger charge is 2.14. The van der Waals surface area contributed by atoms with E-state index in [1.54, 1.807) is 18.7 Å². The molecule has 1 rings (SSSR count). The third-order valence-electron chi connectivity index (χ3n) is 2.45. The van der Waals surface area contributed by atoms with E-state index in [1.807, 2.05) is 0 Å². The number of thioether (sulfide) groups is 1. The molecule has 0 fully saturated rings. The highest BCUT2D eigenvalue weighted by atomic mass is 32.2. The lowest BCUT2D eigenvalue weighted by atomic mass is 10.3. The number of anilines is 1. The first-order valence-electron chi connectivity index (χ1n) is 5.17. The molecule has 0 aliphatic heterocycles. The molecule has 4 N–H and O–H groups in total. The Morgan fingerprint density at radius 2 is 2.38 bits per heavy atom. The molecule has 6 heteroatoms. The molecule has 0 bridgehead atoms. The number of rotatable bonds is 5. The first-order chi connectivity index (χ1) is 7.56. The zero-order chi connectivity index (χ0) is 12.1. The Bertz CT molecular complexity index is 364. The molecule has 16 heavy (non-hydrogen) atoms. The van der Waals surface area contributed by atoms with Crippen LogP contribution in [-0.4, -0.2) is 34.2 Å². The number of H-pyrrole nitrogens is 1. The molecule has 0 aliphatic rings. The quantitative estimate of drug-likeness (QED) is 0.723. The van der Waals surface area contributed by atoms with Crippen LogP contribution in [0, 0.1) is 6.92 Å². The number of carbonyl (C=O) groups is 1. The number of aryl methyl sites for hydroxylation is 1. The second kappa shape index (κ2) is 5.79. The summed E-state index contributed by atoms with van der Waals surface area (Å²) in [6, 6.07) is 0. The van der Waals surface area contributed by atoms with E-state index >= 15 is 0 Å². The summed E-state index contributed by atoms with van der Waals surface area (Å²) in [5.41, 5.74) is 7.14. The van der Waals surface area contributed by atoms with E-state index in [-0.39, 0.29) is 11.6 Å². The van der Waals surface area contributed by atoms with Crippen LogP contribution in [0.5, 0.6) is 0 Å². The predicted octanol–water partition coefficient (Wildman–Crippen LogP) is 1.17. The summed E-state index contributed by atoms with van der Waals surface area (Å²) in [6.07, 6.45) is 3.00. The van der Waals surface area contributed by atoms with Crippen LogP contribution in [0.4, 0.5) is 5.69 Å². The highest BCUT2D eigenvalue weighted by molar-refractivity contribution is 7.99. The van der Waals surface area contributed by atoms with Gasteiger partial charge in [0.15, 0.2) is 5.69 Å². The SMILES string of the molecule is CSC(C)CCNC(=O)c1n[nH]c(C)c1N. The van der Waals surface area contributed by atoms with Gasteiger partial charge in [-0.15, -0.1) is 0 Å². The van der Waals surface area contributed by atoms with Crippen LogP contribution in [0.2, 0.25) is 0 Å². The van der Waals surface area contributed by atoms with Gasteiger partial charge >= 0.3 is 0 Å². The molecule has 5 nitrogen and oxygen atoms in total. The average molecular weight is 242 g/mol. The first kappa shape index (κ1) is 12.9. The van der Waals surface area contributed by atoms with Gasteiger partial charge in [-0.25, -0.2) is 0 Å². The third-order valence-corrected chi connectivity index (χ3v) is 3.49. The average Bonchev–Trinajstić information content (AvgIpc) is 2.59. The molecule has 0 saturated carbocycles. The van der Waals surface area contributed by atoms with Crippen LogP contribution >= 0.6 is 11.8 Å². The van der Waals surface area contributed by atoms with Gasteiger partial charge in [-0.2, -0.15) is 16.9 Å². The Balaban J connectivity index is 2.44. The minimum Gasteiger partial charge on any atom is -0.395 e. The Kier molecular flexibility index (Phi) is 4.67. The number of aromatic amines is 1. The van der Waals surface area contributed by atoms with Crippen molar-refractivity contribution < 1.29 is 4.79 Å². The van der Waals surface area contributed by atoms with Gasteiger partial charge < -0.3 is 11.1 Å². The highest BCUT2D eigenvalue weighted by Crippen LogP contribution is 2.12. The summed E-state index contributed by atoms with van der Waals surface area (Å²) >= 11 is 1.78. The normalized spacial score (nSPS) is 12.4. The lowest BCUT2D eigenvalue weighted by Crippen LogP contribution is -2.27. The molecular weight excluding hydrogens is 224 g/mol. The molecule has 0 aromatic carbocycles. The van der Waals surface area contributed by atoms with E-state index in [9.17, 15) is 4.79 Å². The number of amides is 1. The topological polar surface area (TPSA) is 83.8 Å². The van der Waals surface area contributed by atoms with Crippen molar-refractivity contribution in [1.82, 2.24) is 15.5 Å². The van der Waals surface area contributed by atoms with Crippen LogP contribution in [0.15, 0.2) is 0 Å². The number of hydrogen-bond donors (Lipinski definition) is 3. The van der Waals surface area contributed by atoms with E-state index in [4.69, 9.17) is 5.73 Å². The van der Waals surface area contributed by atoms with Crippen LogP contribution in [0.25, 0.3) is 0 Å². The number of nitrogens with two attached hydrogens (primary N) is 1. The summed E-state index contributed by atoms with van der Waals surface area (Å²) in [5.74, 6) is -0.213.